The molecule has 3 aromatic rings. The maximum absolute atomic E-state index is 11.0. The van der Waals surface area contributed by atoms with Gasteiger partial charge in [-0.1, -0.05) is 30.3 Å². The molecule has 0 aliphatic carbocycles. The number of nitrogens with zero attached hydrogens (tertiary/aromatic N) is 3. The third kappa shape index (κ3) is 4.51. The lowest BCUT2D eigenvalue weighted by molar-refractivity contribution is 0.306. The topological polar surface area (TPSA) is 92.3 Å². The second-order valence-corrected chi connectivity index (χ2v) is 4.89. The second kappa shape index (κ2) is 7.68. The molecule has 7 nitrogen and oxygen atoms in total. The summed E-state index contributed by atoms with van der Waals surface area (Å²) in [5.74, 6) is 1.06. The van der Waals surface area contributed by atoms with E-state index in [4.69, 9.17) is 4.74 Å². The minimum absolute atomic E-state index is 0.276. The smallest absolute Gasteiger partial charge is 0.363 e. The Morgan fingerprint density at radius 1 is 1.12 bits per heavy atom. The first-order chi connectivity index (χ1) is 11.8. The molecule has 0 amide bonds. The Balaban J connectivity index is 1.54. The maximum Gasteiger partial charge on any atom is 0.363 e. The molecule has 0 atom stereocenters. The molecule has 0 aliphatic rings. The Bertz CT molecular complexity index is 860. The number of benzene rings is 2. The fraction of sp³-hybridized carbons (Fsp3) is 0.0588. The van der Waals surface area contributed by atoms with Gasteiger partial charge in [0.05, 0.1) is 12.4 Å². The molecular weight excluding hydrogens is 306 g/mol. The van der Waals surface area contributed by atoms with Crippen LogP contribution < -0.4 is 15.9 Å². The van der Waals surface area contributed by atoms with Crippen LogP contribution in [0, 0.1) is 0 Å². The van der Waals surface area contributed by atoms with Gasteiger partial charge in [0.2, 0.25) is 0 Å². The van der Waals surface area contributed by atoms with Crippen molar-refractivity contribution in [1.29, 1.82) is 0 Å². The molecule has 0 radical (unpaired) electrons. The van der Waals surface area contributed by atoms with Gasteiger partial charge >= 0.3 is 5.69 Å². The first-order valence-corrected chi connectivity index (χ1v) is 7.27. The number of anilines is 1. The zero-order valence-corrected chi connectivity index (χ0v) is 12.7. The molecule has 0 fully saturated rings. The number of nitrogens with one attached hydrogen (secondary N) is 2. The molecule has 0 spiro atoms. The average molecular weight is 321 g/mol. The van der Waals surface area contributed by atoms with E-state index in [9.17, 15) is 4.79 Å². The van der Waals surface area contributed by atoms with Crippen molar-refractivity contribution in [3.05, 3.63) is 82.4 Å². The Morgan fingerprint density at radius 2 is 1.92 bits per heavy atom. The van der Waals surface area contributed by atoms with Crippen LogP contribution in [0.15, 0.2) is 70.7 Å². The lowest BCUT2D eigenvalue weighted by Gasteiger charge is -2.06. The molecule has 3 rings (SSSR count). The van der Waals surface area contributed by atoms with Crippen LogP contribution in [-0.4, -0.2) is 21.4 Å². The van der Waals surface area contributed by atoms with Crippen LogP contribution in [0.1, 0.15) is 11.1 Å². The molecule has 2 aromatic carbocycles. The number of aromatic nitrogens is 3. The number of aromatic amines is 1. The van der Waals surface area contributed by atoms with Gasteiger partial charge in [0.1, 0.15) is 12.4 Å². The van der Waals surface area contributed by atoms with Gasteiger partial charge in [-0.2, -0.15) is 15.2 Å². The zero-order valence-electron chi connectivity index (χ0n) is 12.7. The van der Waals surface area contributed by atoms with Gasteiger partial charge in [0.25, 0.3) is 0 Å². The number of ether oxygens (including phenoxy) is 1. The molecule has 0 saturated heterocycles. The zero-order chi connectivity index (χ0) is 16.6. The summed E-state index contributed by atoms with van der Waals surface area (Å²) >= 11 is 0. The predicted molar refractivity (Wildman–Crippen MR) is 91.1 cm³/mol. The highest BCUT2D eigenvalue weighted by molar-refractivity contribution is 5.80. The highest BCUT2D eigenvalue weighted by Gasteiger charge is 1.96. The van der Waals surface area contributed by atoms with Crippen molar-refractivity contribution in [2.45, 2.75) is 6.61 Å². The van der Waals surface area contributed by atoms with Gasteiger partial charge in [-0.05, 0) is 35.4 Å². The van der Waals surface area contributed by atoms with E-state index in [-0.39, 0.29) is 5.82 Å². The van der Waals surface area contributed by atoms with Gasteiger partial charge in [-0.25, -0.2) is 9.89 Å². The third-order valence-corrected chi connectivity index (χ3v) is 3.09. The highest BCUT2D eigenvalue weighted by Crippen LogP contribution is 2.13. The normalized spacial score (nSPS) is 10.7. The molecule has 0 unspecified atom stereocenters. The van der Waals surface area contributed by atoms with E-state index in [0.29, 0.717) is 6.61 Å². The van der Waals surface area contributed by atoms with Crippen LogP contribution in [0.25, 0.3) is 0 Å². The van der Waals surface area contributed by atoms with Gasteiger partial charge in [0, 0.05) is 0 Å². The minimum atomic E-state index is -0.532. The Morgan fingerprint density at radius 3 is 2.67 bits per heavy atom. The van der Waals surface area contributed by atoms with Crippen molar-refractivity contribution in [2.24, 2.45) is 5.10 Å². The lowest BCUT2D eigenvalue weighted by Crippen LogP contribution is -2.13. The molecule has 120 valence electrons. The third-order valence-electron chi connectivity index (χ3n) is 3.09. The first kappa shape index (κ1) is 15.4. The Kier molecular flexibility index (Phi) is 4.94. The number of hydrazone groups is 1. The molecule has 2 N–H and O–H groups in total. The highest BCUT2D eigenvalue weighted by atomic mass is 16.5. The van der Waals surface area contributed by atoms with Crippen molar-refractivity contribution in [3.8, 4) is 5.75 Å². The van der Waals surface area contributed by atoms with E-state index >= 15 is 0 Å². The largest absolute Gasteiger partial charge is 0.489 e. The van der Waals surface area contributed by atoms with Gasteiger partial charge < -0.3 is 4.74 Å². The molecular formula is C17H15N5O2. The number of hydrogen-bond donors (Lipinski definition) is 2. The molecule has 1 heterocycles. The molecule has 7 heteroatoms. The van der Waals surface area contributed by atoms with E-state index in [2.05, 4.69) is 25.7 Å². The first-order valence-electron chi connectivity index (χ1n) is 7.27. The maximum atomic E-state index is 11.0. The summed E-state index contributed by atoms with van der Waals surface area (Å²) in [6.45, 7) is 0.525. The summed E-state index contributed by atoms with van der Waals surface area (Å²) in [7, 11) is 0. The van der Waals surface area contributed by atoms with Gasteiger partial charge in [-0.15, -0.1) is 0 Å². The summed E-state index contributed by atoms with van der Waals surface area (Å²) in [6, 6.07) is 17.5. The fourth-order valence-corrected chi connectivity index (χ4v) is 1.93. The fourth-order valence-electron chi connectivity index (χ4n) is 1.93. The van der Waals surface area contributed by atoms with Crippen molar-refractivity contribution in [1.82, 2.24) is 15.2 Å². The monoisotopic (exact) mass is 321 g/mol. The van der Waals surface area contributed by atoms with Crippen LogP contribution in [-0.2, 0) is 6.61 Å². The van der Waals surface area contributed by atoms with Crippen LogP contribution in [0.4, 0.5) is 5.82 Å². The number of H-pyrrole nitrogens is 1. The van der Waals surface area contributed by atoms with Gasteiger partial charge in [0.15, 0.2) is 5.82 Å². The summed E-state index contributed by atoms with van der Waals surface area (Å²) in [6.07, 6.45) is 2.99. The van der Waals surface area contributed by atoms with E-state index in [1.807, 2.05) is 54.6 Å². The van der Waals surface area contributed by atoms with Crippen molar-refractivity contribution in [2.75, 3.05) is 5.43 Å². The molecule has 1 aromatic heterocycles. The van der Waals surface area contributed by atoms with Crippen LogP contribution in [0.5, 0.6) is 5.75 Å². The predicted octanol–water partition coefficient (Wildman–Crippen LogP) is 2.19. The minimum Gasteiger partial charge on any atom is -0.489 e. The van der Waals surface area contributed by atoms with Crippen molar-refractivity contribution in [3.63, 3.8) is 0 Å². The van der Waals surface area contributed by atoms with Gasteiger partial charge in [-0.3, -0.25) is 5.43 Å². The van der Waals surface area contributed by atoms with Crippen LogP contribution in [0.2, 0.25) is 0 Å². The Hall–Kier alpha value is -3.48. The quantitative estimate of drug-likeness (QED) is 0.536. The van der Waals surface area contributed by atoms with Crippen molar-refractivity contribution >= 4 is 12.0 Å². The summed E-state index contributed by atoms with van der Waals surface area (Å²) < 4.78 is 5.72. The summed E-state index contributed by atoms with van der Waals surface area (Å²) in [5, 5.41) is 9.81. The molecule has 24 heavy (non-hydrogen) atoms. The SMILES string of the molecule is O=c1nc(N/N=C\c2ccc(OCc3ccccc3)cc2)cn[nH]1. The van der Waals surface area contributed by atoms with E-state index in [0.717, 1.165) is 16.9 Å². The molecule has 0 aliphatic heterocycles. The summed E-state index contributed by atoms with van der Waals surface area (Å²) in [4.78, 5) is 14.6. The van der Waals surface area contributed by atoms with E-state index < -0.39 is 5.69 Å². The summed E-state index contributed by atoms with van der Waals surface area (Å²) in [5.41, 5.74) is 4.11. The Labute approximate surface area is 138 Å². The number of rotatable bonds is 6. The van der Waals surface area contributed by atoms with E-state index in [1.165, 1.54) is 6.20 Å². The standard InChI is InChI=1S/C17H15N5O2/c23-17-20-16(11-19-22-17)21-18-10-13-6-8-15(9-7-13)24-12-14-4-2-1-3-5-14/h1-11H,12H2,(H2,20,21,22,23)/b18-10-. The molecule has 0 bridgehead atoms. The molecule has 0 saturated carbocycles. The second-order valence-electron chi connectivity index (χ2n) is 4.89. The van der Waals surface area contributed by atoms with Crippen molar-refractivity contribution < 1.29 is 4.74 Å². The van der Waals surface area contributed by atoms with Crippen LogP contribution in [0.3, 0.4) is 0 Å². The average Bonchev–Trinajstić information content (AvgIpc) is 2.62. The lowest BCUT2D eigenvalue weighted by atomic mass is 10.2. The van der Waals surface area contributed by atoms with E-state index in [1.54, 1.807) is 6.21 Å². The van der Waals surface area contributed by atoms with Crippen LogP contribution >= 0.6 is 0 Å². The number of hydrogen-bond acceptors (Lipinski definition) is 6.